The Bertz CT molecular complexity index is 436. The highest BCUT2D eigenvalue weighted by atomic mass is 16.5. The van der Waals surface area contributed by atoms with Crippen LogP contribution in [0.3, 0.4) is 0 Å². The van der Waals surface area contributed by atoms with Gasteiger partial charge in [0.15, 0.2) is 5.90 Å². The maximum Gasteiger partial charge on any atom is 0.312 e. The highest BCUT2D eigenvalue weighted by Crippen LogP contribution is 2.13. The first-order chi connectivity index (χ1) is 8.13. The van der Waals surface area contributed by atoms with Gasteiger partial charge in [-0.2, -0.15) is 0 Å². The van der Waals surface area contributed by atoms with E-state index in [2.05, 4.69) is 29.3 Å². The lowest BCUT2D eigenvalue weighted by molar-refractivity contribution is -0.135. The lowest BCUT2D eigenvalue weighted by Gasteiger charge is -2.05. The van der Waals surface area contributed by atoms with Crippen molar-refractivity contribution in [3.05, 3.63) is 35.4 Å². The molecule has 90 valence electrons. The van der Waals surface area contributed by atoms with Crippen LogP contribution in [0.4, 0.5) is 0 Å². The van der Waals surface area contributed by atoms with Gasteiger partial charge in [-0.15, -0.1) is 0 Å². The topological polar surface area (TPSA) is 58.9 Å². The van der Waals surface area contributed by atoms with E-state index >= 15 is 0 Å². The molecule has 0 spiro atoms. The summed E-state index contributed by atoms with van der Waals surface area (Å²) in [6.45, 7) is 2.53. The fraction of sp³-hybridized carbons (Fsp3) is 0.385. The van der Waals surface area contributed by atoms with Crippen LogP contribution in [0, 0.1) is 6.92 Å². The summed E-state index contributed by atoms with van der Waals surface area (Å²) in [7, 11) is 0. The number of hydrogen-bond donors (Lipinski definition) is 1. The van der Waals surface area contributed by atoms with Crippen molar-refractivity contribution >= 4 is 11.9 Å². The van der Waals surface area contributed by atoms with Gasteiger partial charge in [0, 0.05) is 0 Å². The van der Waals surface area contributed by atoms with Crippen LogP contribution in [-0.2, 0) is 16.0 Å². The zero-order valence-corrected chi connectivity index (χ0v) is 9.72. The molecule has 0 saturated heterocycles. The van der Waals surface area contributed by atoms with Crippen molar-refractivity contribution < 1.29 is 14.6 Å². The molecular formula is C13H15NO3. The SMILES string of the molecule is Cc1ccc(CC2COC(CC(=O)O)=N2)cc1. The van der Waals surface area contributed by atoms with Crippen LogP contribution in [0.15, 0.2) is 29.3 Å². The number of aliphatic carboxylic acids is 1. The van der Waals surface area contributed by atoms with Gasteiger partial charge in [0.1, 0.15) is 13.0 Å². The summed E-state index contributed by atoms with van der Waals surface area (Å²) in [4.78, 5) is 14.8. The fourth-order valence-electron chi connectivity index (χ4n) is 1.80. The summed E-state index contributed by atoms with van der Waals surface area (Å²) in [6, 6.07) is 8.31. The molecule has 17 heavy (non-hydrogen) atoms. The van der Waals surface area contributed by atoms with Crippen molar-refractivity contribution in [3.8, 4) is 0 Å². The van der Waals surface area contributed by atoms with Crippen molar-refractivity contribution in [2.45, 2.75) is 25.8 Å². The number of carbonyl (C=O) groups is 1. The lowest BCUT2D eigenvalue weighted by atomic mass is 10.1. The Labute approximate surface area is 99.9 Å². The minimum atomic E-state index is -0.903. The predicted molar refractivity (Wildman–Crippen MR) is 64.3 cm³/mol. The van der Waals surface area contributed by atoms with Gasteiger partial charge >= 0.3 is 5.97 Å². The van der Waals surface area contributed by atoms with Crippen LogP contribution < -0.4 is 0 Å². The molecule has 1 aromatic carbocycles. The van der Waals surface area contributed by atoms with Crippen LogP contribution in [-0.4, -0.2) is 29.6 Å². The average Bonchev–Trinajstić information content (AvgIpc) is 2.68. The molecule has 2 rings (SSSR count). The lowest BCUT2D eigenvalue weighted by Crippen LogP contribution is -2.10. The van der Waals surface area contributed by atoms with Gasteiger partial charge in [-0.1, -0.05) is 29.8 Å². The summed E-state index contributed by atoms with van der Waals surface area (Å²) in [5.74, 6) is -0.561. The minimum absolute atomic E-state index is 0.0482. The van der Waals surface area contributed by atoms with E-state index in [1.54, 1.807) is 0 Å². The Morgan fingerprint density at radius 2 is 2.18 bits per heavy atom. The van der Waals surface area contributed by atoms with E-state index < -0.39 is 5.97 Å². The molecule has 1 N–H and O–H groups in total. The third-order valence-electron chi connectivity index (χ3n) is 2.66. The van der Waals surface area contributed by atoms with E-state index in [1.165, 1.54) is 11.1 Å². The van der Waals surface area contributed by atoms with Gasteiger partial charge in [0.05, 0.1) is 6.04 Å². The number of hydrogen-bond acceptors (Lipinski definition) is 3. The Morgan fingerprint density at radius 1 is 1.47 bits per heavy atom. The highest BCUT2D eigenvalue weighted by molar-refractivity contribution is 5.94. The molecule has 1 atom stereocenters. The first-order valence-corrected chi connectivity index (χ1v) is 5.60. The molecule has 0 saturated carbocycles. The largest absolute Gasteiger partial charge is 0.481 e. The minimum Gasteiger partial charge on any atom is -0.481 e. The summed E-state index contributed by atoms with van der Waals surface area (Å²) in [5, 5.41) is 8.62. The van der Waals surface area contributed by atoms with Gasteiger partial charge in [0.2, 0.25) is 0 Å². The zero-order chi connectivity index (χ0) is 12.3. The normalized spacial score (nSPS) is 18.6. The molecule has 1 heterocycles. The van der Waals surface area contributed by atoms with Crippen molar-refractivity contribution in [1.82, 2.24) is 0 Å². The van der Waals surface area contributed by atoms with Crippen LogP contribution in [0.1, 0.15) is 17.5 Å². The quantitative estimate of drug-likeness (QED) is 0.862. The molecule has 1 aromatic rings. The number of benzene rings is 1. The second kappa shape index (κ2) is 4.99. The highest BCUT2D eigenvalue weighted by Gasteiger charge is 2.20. The van der Waals surface area contributed by atoms with E-state index in [4.69, 9.17) is 9.84 Å². The standard InChI is InChI=1S/C13H15NO3/c1-9-2-4-10(5-3-9)6-11-8-17-12(14-11)7-13(15)16/h2-5,11H,6-8H2,1H3,(H,15,16). The Kier molecular flexibility index (Phi) is 3.42. The molecule has 4 heteroatoms. The van der Waals surface area contributed by atoms with Crippen molar-refractivity contribution in [1.29, 1.82) is 0 Å². The van der Waals surface area contributed by atoms with Gasteiger partial charge in [0.25, 0.3) is 0 Å². The third-order valence-corrected chi connectivity index (χ3v) is 2.66. The summed E-state index contributed by atoms with van der Waals surface area (Å²) in [6.07, 6.45) is 0.674. The monoisotopic (exact) mass is 233 g/mol. The molecule has 0 radical (unpaired) electrons. The van der Waals surface area contributed by atoms with Crippen molar-refractivity contribution in [3.63, 3.8) is 0 Å². The molecule has 0 bridgehead atoms. The summed E-state index contributed by atoms with van der Waals surface area (Å²) < 4.78 is 5.24. The number of carboxylic acids is 1. The Morgan fingerprint density at radius 3 is 2.82 bits per heavy atom. The number of aliphatic imine (C=N–C) groups is 1. The van der Waals surface area contributed by atoms with Gasteiger partial charge in [-0.3, -0.25) is 4.79 Å². The van der Waals surface area contributed by atoms with E-state index in [0.717, 1.165) is 6.42 Å². The molecule has 0 amide bonds. The second-order valence-corrected chi connectivity index (χ2v) is 4.25. The molecule has 1 aliphatic rings. The van der Waals surface area contributed by atoms with Crippen molar-refractivity contribution in [2.24, 2.45) is 4.99 Å². The maximum atomic E-state index is 10.5. The molecule has 0 aliphatic carbocycles. The fourth-order valence-corrected chi connectivity index (χ4v) is 1.80. The molecule has 4 nitrogen and oxygen atoms in total. The Hall–Kier alpha value is -1.84. The van der Waals surface area contributed by atoms with Crippen LogP contribution >= 0.6 is 0 Å². The number of ether oxygens (including phenoxy) is 1. The number of nitrogens with zero attached hydrogens (tertiary/aromatic N) is 1. The number of rotatable bonds is 4. The smallest absolute Gasteiger partial charge is 0.312 e. The third kappa shape index (κ3) is 3.31. The number of carboxylic acid groups (broad SMARTS) is 1. The van der Waals surface area contributed by atoms with E-state index in [9.17, 15) is 4.79 Å². The van der Waals surface area contributed by atoms with Gasteiger partial charge in [-0.05, 0) is 18.9 Å². The average molecular weight is 233 g/mol. The molecule has 0 fully saturated rings. The molecule has 1 unspecified atom stereocenters. The van der Waals surface area contributed by atoms with Gasteiger partial charge in [-0.25, -0.2) is 4.99 Å². The molecular weight excluding hydrogens is 218 g/mol. The first kappa shape index (κ1) is 11.6. The van der Waals surface area contributed by atoms with Crippen LogP contribution in [0.5, 0.6) is 0 Å². The van der Waals surface area contributed by atoms with Crippen LogP contribution in [0.25, 0.3) is 0 Å². The van der Waals surface area contributed by atoms with E-state index in [1.807, 2.05) is 6.92 Å². The van der Waals surface area contributed by atoms with Crippen molar-refractivity contribution in [2.75, 3.05) is 6.61 Å². The second-order valence-electron chi connectivity index (χ2n) is 4.25. The molecule has 0 aromatic heterocycles. The first-order valence-electron chi connectivity index (χ1n) is 5.60. The molecule has 1 aliphatic heterocycles. The van der Waals surface area contributed by atoms with E-state index in [-0.39, 0.29) is 12.5 Å². The van der Waals surface area contributed by atoms with Gasteiger partial charge < -0.3 is 9.84 Å². The Balaban J connectivity index is 1.95. The van der Waals surface area contributed by atoms with E-state index in [0.29, 0.717) is 12.5 Å². The number of aryl methyl sites for hydroxylation is 1. The summed E-state index contributed by atoms with van der Waals surface area (Å²) >= 11 is 0. The maximum absolute atomic E-state index is 10.5. The van der Waals surface area contributed by atoms with Crippen LogP contribution in [0.2, 0.25) is 0 Å². The zero-order valence-electron chi connectivity index (χ0n) is 9.72. The summed E-state index contributed by atoms with van der Waals surface area (Å²) in [5.41, 5.74) is 2.43. The predicted octanol–water partition coefficient (Wildman–Crippen LogP) is 1.81.